The van der Waals surface area contributed by atoms with Gasteiger partial charge in [-0.15, -0.1) is 0 Å². The quantitative estimate of drug-likeness (QED) is 0.555. The predicted molar refractivity (Wildman–Crippen MR) is 77.2 cm³/mol. The Morgan fingerprint density at radius 2 is 1.61 bits per heavy atom. The monoisotopic (exact) mass is 273 g/mol. The summed E-state index contributed by atoms with van der Waals surface area (Å²) in [5.41, 5.74) is 2.98. The number of rotatable bonds is 1. The van der Waals surface area contributed by atoms with Gasteiger partial charge in [0.1, 0.15) is 5.15 Å². The highest BCUT2D eigenvalue weighted by Gasteiger charge is 2.08. The molecule has 0 unspecified atom stereocenters. The van der Waals surface area contributed by atoms with Crippen LogP contribution in [0.3, 0.4) is 0 Å². The lowest BCUT2D eigenvalue weighted by molar-refractivity contribution is 1.41. The van der Waals surface area contributed by atoms with E-state index in [0.29, 0.717) is 10.2 Å². The van der Waals surface area contributed by atoms with Gasteiger partial charge in [-0.2, -0.15) is 0 Å². The van der Waals surface area contributed by atoms with Crippen molar-refractivity contribution in [2.45, 2.75) is 0 Å². The van der Waals surface area contributed by atoms with E-state index in [0.717, 1.165) is 22.0 Å². The lowest BCUT2D eigenvalue weighted by Crippen LogP contribution is -1.86. The first-order chi connectivity index (χ1) is 8.75. The minimum Gasteiger partial charge on any atom is -0.235 e. The van der Waals surface area contributed by atoms with Crippen molar-refractivity contribution in [1.82, 2.24) is 4.98 Å². The third-order valence-electron chi connectivity index (χ3n) is 2.84. The topological polar surface area (TPSA) is 12.9 Å². The minimum atomic E-state index is 0.413. The second kappa shape index (κ2) is 4.60. The van der Waals surface area contributed by atoms with E-state index in [1.807, 2.05) is 48.5 Å². The SMILES string of the molecule is Clc1cc(Cl)c2cccc(-c3ccccc3)c2n1. The Labute approximate surface area is 115 Å². The number of benzene rings is 2. The molecule has 0 fully saturated rings. The number of halogens is 2. The van der Waals surface area contributed by atoms with Crippen molar-refractivity contribution in [3.63, 3.8) is 0 Å². The minimum absolute atomic E-state index is 0.413. The lowest BCUT2D eigenvalue weighted by Gasteiger charge is -2.07. The van der Waals surface area contributed by atoms with Gasteiger partial charge >= 0.3 is 0 Å². The van der Waals surface area contributed by atoms with Crippen molar-refractivity contribution >= 4 is 34.1 Å². The smallest absolute Gasteiger partial charge is 0.131 e. The molecule has 2 aromatic carbocycles. The molecule has 1 nitrogen and oxygen atoms in total. The van der Waals surface area contributed by atoms with Gasteiger partial charge in [-0.05, 0) is 11.6 Å². The Bertz CT molecular complexity index is 708. The number of aromatic nitrogens is 1. The summed E-state index contributed by atoms with van der Waals surface area (Å²) in [6.45, 7) is 0. The summed E-state index contributed by atoms with van der Waals surface area (Å²) < 4.78 is 0. The van der Waals surface area contributed by atoms with Gasteiger partial charge in [0.05, 0.1) is 10.5 Å². The van der Waals surface area contributed by atoms with Gasteiger partial charge in [-0.25, -0.2) is 4.98 Å². The normalized spacial score (nSPS) is 10.8. The molecule has 0 bridgehead atoms. The fourth-order valence-corrected chi connectivity index (χ4v) is 2.53. The Balaban J connectivity index is 2.37. The highest BCUT2D eigenvalue weighted by molar-refractivity contribution is 6.38. The highest BCUT2D eigenvalue weighted by Crippen LogP contribution is 2.32. The molecule has 1 aromatic heterocycles. The highest BCUT2D eigenvalue weighted by atomic mass is 35.5. The molecular weight excluding hydrogens is 265 g/mol. The van der Waals surface area contributed by atoms with Crippen LogP contribution in [0.25, 0.3) is 22.0 Å². The number of fused-ring (bicyclic) bond motifs is 1. The molecule has 0 saturated carbocycles. The molecule has 3 rings (SSSR count). The summed E-state index contributed by atoms with van der Waals surface area (Å²) in [7, 11) is 0. The molecule has 0 amide bonds. The Kier molecular flexibility index (Phi) is 2.94. The van der Waals surface area contributed by atoms with Crippen LogP contribution in [0.15, 0.2) is 54.6 Å². The summed E-state index contributed by atoms with van der Waals surface area (Å²) in [6, 6.07) is 17.7. The van der Waals surface area contributed by atoms with Crippen molar-refractivity contribution in [3.8, 4) is 11.1 Å². The number of para-hydroxylation sites is 1. The van der Waals surface area contributed by atoms with Crippen LogP contribution in [0, 0.1) is 0 Å². The lowest BCUT2D eigenvalue weighted by atomic mass is 10.0. The van der Waals surface area contributed by atoms with Crippen LogP contribution >= 0.6 is 23.2 Å². The number of nitrogens with zero attached hydrogens (tertiary/aromatic N) is 1. The standard InChI is InChI=1S/C15H9Cl2N/c16-13-9-14(17)18-15-11(7-4-8-12(13)15)10-5-2-1-3-6-10/h1-9H. The molecule has 0 aliphatic carbocycles. The third-order valence-corrected chi connectivity index (χ3v) is 3.35. The first-order valence-electron chi connectivity index (χ1n) is 5.56. The van der Waals surface area contributed by atoms with Gasteiger partial charge in [0.2, 0.25) is 0 Å². The molecule has 3 heteroatoms. The van der Waals surface area contributed by atoms with Gasteiger partial charge in [0.25, 0.3) is 0 Å². The summed E-state index contributed by atoms with van der Waals surface area (Å²) in [5.74, 6) is 0. The maximum Gasteiger partial charge on any atom is 0.131 e. The Morgan fingerprint density at radius 1 is 0.833 bits per heavy atom. The van der Waals surface area contributed by atoms with Crippen molar-refractivity contribution in [2.75, 3.05) is 0 Å². The average molecular weight is 274 g/mol. The molecule has 0 saturated heterocycles. The molecule has 0 radical (unpaired) electrons. The maximum absolute atomic E-state index is 6.20. The Hall–Kier alpha value is -1.57. The molecular formula is C15H9Cl2N. The van der Waals surface area contributed by atoms with E-state index >= 15 is 0 Å². The molecule has 0 N–H and O–H groups in total. The van der Waals surface area contributed by atoms with E-state index in [4.69, 9.17) is 23.2 Å². The van der Waals surface area contributed by atoms with E-state index in [1.54, 1.807) is 6.07 Å². The molecule has 0 atom stereocenters. The van der Waals surface area contributed by atoms with Crippen LogP contribution in [0.5, 0.6) is 0 Å². The first kappa shape index (κ1) is 11.5. The fraction of sp³-hybridized carbons (Fsp3) is 0. The molecule has 88 valence electrons. The first-order valence-corrected chi connectivity index (χ1v) is 6.31. The van der Waals surface area contributed by atoms with Crippen molar-refractivity contribution in [2.24, 2.45) is 0 Å². The van der Waals surface area contributed by atoms with Gasteiger partial charge in [-0.1, -0.05) is 71.7 Å². The van der Waals surface area contributed by atoms with Crippen molar-refractivity contribution in [1.29, 1.82) is 0 Å². The largest absolute Gasteiger partial charge is 0.235 e. The van der Waals surface area contributed by atoms with E-state index in [9.17, 15) is 0 Å². The number of hydrogen-bond donors (Lipinski definition) is 0. The summed E-state index contributed by atoms with van der Waals surface area (Å²) in [6.07, 6.45) is 0. The van der Waals surface area contributed by atoms with Crippen LogP contribution in [0.2, 0.25) is 10.2 Å². The zero-order valence-electron chi connectivity index (χ0n) is 9.40. The van der Waals surface area contributed by atoms with Crippen molar-refractivity contribution < 1.29 is 0 Å². The second-order valence-corrected chi connectivity index (χ2v) is 4.79. The van der Waals surface area contributed by atoms with E-state index < -0.39 is 0 Å². The summed E-state index contributed by atoms with van der Waals surface area (Å²) >= 11 is 12.2. The molecule has 3 aromatic rings. The van der Waals surface area contributed by atoms with Crippen LogP contribution in [-0.2, 0) is 0 Å². The second-order valence-electron chi connectivity index (χ2n) is 3.99. The number of hydrogen-bond acceptors (Lipinski definition) is 1. The zero-order valence-corrected chi connectivity index (χ0v) is 10.9. The summed E-state index contributed by atoms with van der Waals surface area (Å²) in [4.78, 5) is 4.39. The van der Waals surface area contributed by atoms with E-state index in [2.05, 4.69) is 4.98 Å². The predicted octanol–water partition coefficient (Wildman–Crippen LogP) is 5.21. The van der Waals surface area contributed by atoms with Crippen molar-refractivity contribution in [3.05, 3.63) is 64.8 Å². The van der Waals surface area contributed by atoms with Crippen LogP contribution in [-0.4, -0.2) is 4.98 Å². The number of pyridine rings is 1. The van der Waals surface area contributed by atoms with Gasteiger partial charge in [0, 0.05) is 10.9 Å². The zero-order chi connectivity index (χ0) is 12.5. The molecule has 0 spiro atoms. The molecule has 0 aliphatic rings. The maximum atomic E-state index is 6.20. The third kappa shape index (κ3) is 1.96. The Morgan fingerprint density at radius 3 is 2.39 bits per heavy atom. The summed E-state index contributed by atoms with van der Waals surface area (Å²) in [5, 5.41) is 1.96. The van der Waals surface area contributed by atoms with Gasteiger partial charge in [-0.3, -0.25) is 0 Å². The van der Waals surface area contributed by atoms with Crippen LogP contribution in [0.1, 0.15) is 0 Å². The fourth-order valence-electron chi connectivity index (χ4n) is 2.03. The van der Waals surface area contributed by atoms with Crippen LogP contribution in [0.4, 0.5) is 0 Å². The molecule has 0 aliphatic heterocycles. The van der Waals surface area contributed by atoms with E-state index in [-0.39, 0.29) is 0 Å². The van der Waals surface area contributed by atoms with Crippen LogP contribution < -0.4 is 0 Å². The van der Waals surface area contributed by atoms with Gasteiger partial charge < -0.3 is 0 Å². The van der Waals surface area contributed by atoms with E-state index in [1.165, 1.54) is 0 Å². The molecule has 18 heavy (non-hydrogen) atoms. The molecule has 1 heterocycles. The van der Waals surface area contributed by atoms with Gasteiger partial charge in [0.15, 0.2) is 0 Å². The average Bonchev–Trinajstić information content (AvgIpc) is 2.39.